The lowest BCUT2D eigenvalue weighted by molar-refractivity contribution is -0.387. The molecule has 12 heteroatoms. The van der Waals surface area contributed by atoms with Crippen LogP contribution in [0.15, 0.2) is 39.4 Å². The summed E-state index contributed by atoms with van der Waals surface area (Å²) in [6, 6.07) is 6.63. The molecule has 1 aromatic carbocycles. The van der Waals surface area contributed by atoms with Gasteiger partial charge in [0.1, 0.15) is 17.2 Å². The lowest BCUT2D eigenvalue weighted by Gasteiger charge is -2.04. The average Bonchev–Trinajstić information content (AvgIpc) is 3.29. The zero-order valence-electron chi connectivity index (χ0n) is 17.1. The van der Waals surface area contributed by atoms with E-state index in [0.29, 0.717) is 25.8 Å². The second kappa shape index (κ2) is 8.37. The molecule has 0 saturated carbocycles. The maximum Gasteiger partial charge on any atom is 0.283 e. The average molecular weight is 466 g/mol. The summed E-state index contributed by atoms with van der Waals surface area (Å²) in [7, 11) is 1.74. The van der Waals surface area contributed by atoms with E-state index in [1.807, 2.05) is 19.9 Å². The molecule has 0 spiro atoms. The Labute approximate surface area is 189 Å². The highest BCUT2D eigenvalue weighted by Crippen LogP contribution is 2.35. The number of aryl methyl sites for hydroxylation is 3. The number of nitrogens with zero attached hydrogens (tertiary/aromatic N) is 6. The number of rotatable bonds is 5. The maximum absolute atomic E-state index is 12.5. The van der Waals surface area contributed by atoms with Crippen molar-refractivity contribution in [2.75, 3.05) is 0 Å². The number of aromatic amines is 1. The third-order valence-corrected chi connectivity index (χ3v) is 6.99. The molecular weight excluding hydrogens is 450 g/mol. The number of nitrogens with one attached hydrogen (secondary N) is 1. The third-order valence-electron chi connectivity index (χ3n) is 4.78. The van der Waals surface area contributed by atoms with Gasteiger partial charge in [-0.25, -0.2) is 4.98 Å². The highest BCUT2D eigenvalue weighted by Gasteiger charge is 2.19. The number of nitro benzene ring substituents is 1. The predicted octanol–water partition coefficient (Wildman–Crippen LogP) is 3.85. The van der Waals surface area contributed by atoms with E-state index < -0.39 is 4.92 Å². The smallest absolute Gasteiger partial charge is 0.283 e. The molecule has 0 fully saturated rings. The fraction of sp³-hybridized carbons (Fsp3) is 0.150. The lowest BCUT2D eigenvalue weighted by atomic mass is 10.1. The van der Waals surface area contributed by atoms with E-state index in [0.717, 1.165) is 22.2 Å². The zero-order chi connectivity index (χ0) is 23.0. The molecule has 4 rings (SSSR count). The SMILES string of the molecule is Cc1sc2nc(C(C#N)=Cc3ccc(Sc4nncn4C)c([N+](=O)[O-])c3)[nH]c(=O)c2c1C. The molecule has 10 nitrogen and oxygen atoms in total. The van der Waals surface area contributed by atoms with E-state index in [-0.39, 0.29) is 22.6 Å². The second-order valence-corrected chi connectivity index (χ2v) is 9.07. The predicted molar refractivity (Wildman–Crippen MR) is 121 cm³/mol. The van der Waals surface area contributed by atoms with Gasteiger partial charge in [0, 0.05) is 18.0 Å². The monoisotopic (exact) mass is 465 g/mol. The number of hydrogen-bond acceptors (Lipinski definition) is 9. The molecule has 0 radical (unpaired) electrons. The van der Waals surface area contributed by atoms with Gasteiger partial charge in [0.25, 0.3) is 11.2 Å². The maximum atomic E-state index is 12.5. The number of fused-ring (bicyclic) bond motifs is 1. The molecule has 0 saturated heterocycles. The Bertz CT molecular complexity index is 1510. The van der Waals surface area contributed by atoms with E-state index in [1.54, 1.807) is 23.7 Å². The van der Waals surface area contributed by atoms with Crippen molar-refractivity contribution in [3.05, 3.63) is 66.8 Å². The van der Waals surface area contributed by atoms with Gasteiger partial charge in [0.2, 0.25) is 0 Å². The Morgan fingerprint density at radius 3 is 2.84 bits per heavy atom. The number of aromatic nitrogens is 5. The van der Waals surface area contributed by atoms with Crippen molar-refractivity contribution in [1.82, 2.24) is 24.7 Å². The second-order valence-electron chi connectivity index (χ2n) is 6.86. The summed E-state index contributed by atoms with van der Waals surface area (Å²) in [6.07, 6.45) is 2.97. The van der Waals surface area contributed by atoms with Gasteiger partial charge in [-0.15, -0.1) is 21.5 Å². The third kappa shape index (κ3) is 3.91. The van der Waals surface area contributed by atoms with Crippen LogP contribution in [0.25, 0.3) is 21.9 Å². The van der Waals surface area contributed by atoms with Crippen molar-refractivity contribution in [1.29, 1.82) is 5.26 Å². The molecule has 1 N–H and O–H groups in total. The molecule has 0 amide bonds. The first kappa shape index (κ1) is 21.4. The standard InChI is InChI=1S/C20H15N7O3S2/c1-10-11(2)31-19-16(10)18(28)23-17(24-19)13(8-21)6-12-4-5-15(14(7-12)27(29)30)32-20-25-22-9-26(20)3/h4-7,9H,1-3H3,(H,23,24,28). The summed E-state index contributed by atoms with van der Waals surface area (Å²) >= 11 is 2.50. The van der Waals surface area contributed by atoms with Crippen LogP contribution >= 0.6 is 23.1 Å². The van der Waals surface area contributed by atoms with E-state index >= 15 is 0 Å². The van der Waals surface area contributed by atoms with Crippen LogP contribution in [0.2, 0.25) is 0 Å². The molecule has 0 unspecified atom stereocenters. The molecule has 0 atom stereocenters. The van der Waals surface area contributed by atoms with Crippen molar-refractivity contribution in [2.24, 2.45) is 7.05 Å². The van der Waals surface area contributed by atoms with Crippen molar-refractivity contribution in [3.63, 3.8) is 0 Å². The molecule has 32 heavy (non-hydrogen) atoms. The summed E-state index contributed by atoms with van der Waals surface area (Å²) < 4.78 is 1.65. The molecular formula is C20H15N7O3S2. The molecule has 4 aromatic rings. The molecule has 0 bridgehead atoms. The minimum atomic E-state index is -0.495. The Balaban J connectivity index is 1.76. The van der Waals surface area contributed by atoms with Crippen LogP contribution < -0.4 is 5.56 Å². The largest absolute Gasteiger partial charge is 0.311 e. The minimum Gasteiger partial charge on any atom is -0.311 e. The topological polar surface area (TPSA) is 143 Å². The fourth-order valence-corrected chi connectivity index (χ4v) is 4.90. The van der Waals surface area contributed by atoms with Crippen LogP contribution in [0.3, 0.4) is 0 Å². The Morgan fingerprint density at radius 2 is 2.19 bits per heavy atom. The molecule has 160 valence electrons. The first-order valence-corrected chi connectivity index (χ1v) is 10.8. The van der Waals surface area contributed by atoms with Gasteiger partial charge in [0.05, 0.1) is 20.8 Å². The lowest BCUT2D eigenvalue weighted by Crippen LogP contribution is -2.10. The van der Waals surface area contributed by atoms with Crippen LogP contribution in [0.5, 0.6) is 0 Å². The Kier molecular flexibility index (Phi) is 5.60. The Hall–Kier alpha value is -3.82. The van der Waals surface area contributed by atoms with Gasteiger partial charge < -0.3 is 9.55 Å². The highest BCUT2D eigenvalue weighted by atomic mass is 32.2. The van der Waals surface area contributed by atoms with Crippen LogP contribution in [0.4, 0.5) is 5.69 Å². The van der Waals surface area contributed by atoms with Crippen molar-refractivity contribution >= 4 is 50.7 Å². The van der Waals surface area contributed by atoms with Gasteiger partial charge in [0.15, 0.2) is 11.0 Å². The van der Waals surface area contributed by atoms with Gasteiger partial charge >= 0.3 is 0 Å². The number of benzene rings is 1. The molecule has 0 aliphatic carbocycles. The molecule has 3 aromatic heterocycles. The number of nitriles is 1. The zero-order valence-corrected chi connectivity index (χ0v) is 18.7. The van der Waals surface area contributed by atoms with Crippen molar-refractivity contribution in [3.8, 4) is 6.07 Å². The van der Waals surface area contributed by atoms with Gasteiger partial charge in [-0.3, -0.25) is 14.9 Å². The van der Waals surface area contributed by atoms with Gasteiger partial charge in [-0.05, 0) is 48.9 Å². The molecule has 3 heterocycles. The first-order chi connectivity index (χ1) is 15.3. The number of hydrogen-bond donors (Lipinski definition) is 1. The summed E-state index contributed by atoms with van der Waals surface area (Å²) in [5.74, 6) is 0.117. The number of nitro groups is 1. The highest BCUT2D eigenvalue weighted by molar-refractivity contribution is 7.99. The minimum absolute atomic E-state index is 0.0932. The van der Waals surface area contributed by atoms with Crippen molar-refractivity contribution < 1.29 is 4.92 Å². The van der Waals surface area contributed by atoms with E-state index in [2.05, 4.69) is 20.2 Å². The summed E-state index contributed by atoms with van der Waals surface area (Å²) in [5.41, 5.74) is 0.923. The first-order valence-electron chi connectivity index (χ1n) is 9.21. The Morgan fingerprint density at radius 1 is 1.41 bits per heavy atom. The summed E-state index contributed by atoms with van der Waals surface area (Å²) in [4.78, 5) is 32.7. The number of H-pyrrole nitrogens is 1. The molecule has 0 aliphatic rings. The summed E-state index contributed by atoms with van der Waals surface area (Å²) in [6.45, 7) is 3.76. The van der Waals surface area contributed by atoms with Crippen LogP contribution in [-0.4, -0.2) is 29.7 Å². The van der Waals surface area contributed by atoms with Crippen LogP contribution in [-0.2, 0) is 7.05 Å². The normalized spacial score (nSPS) is 11.6. The van der Waals surface area contributed by atoms with Crippen LogP contribution in [0, 0.1) is 35.3 Å². The number of allylic oxidation sites excluding steroid dienone is 1. The van der Waals surface area contributed by atoms with E-state index in [4.69, 9.17) is 0 Å². The van der Waals surface area contributed by atoms with Gasteiger partial charge in [-0.1, -0.05) is 6.07 Å². The quantitative estimate of drug-likeness (QED) is 0.266. The van der Waals surface area contributed by atoms with Crippen molar-refractivity contribution in [2.45, 2.75) is 23.9 Å². The van der Waals surface area contributed by atoms with E-state index in [9.17, 15) is 20.2 Å². The van der Waals surface area contributed by atoms with E-state index in [1.165, 1.54) is 29.8 Å². The fourth-order valence-electron chi connectivity index (χ4n) is 3.02. The molecule has 0 aliphatic heterocycles. The summed E-state index contributed by atoms with van der Waals surface area (Å²) in [5, 5.41) is 30.0. The number of thiophene rings is 1. The van der Waals surface area contributed by atoms with Gasteiger partial charge in [-0.2, -0.15) is 5.26 Å². The van der Waals surface area contributed by atoms with Crippen LogP contribution in [0.1, 0.15) is 21.8 Å².